The maximum Gasteiger partial charge on any atom is 0.0937 e. The van der Waals surface area contributed by atoms with Crippen molar-refractivity contribution in [3.63, 3.8) is 0 Å². The number of oxime groups is 1. The zero-order valence-corrected chi connectivity index (χ0v) is 15.6. The number of ether oxygens (including phenoxy) is 1. The Morgan fingerprint density at radius 1 is 1.08 bits per heavy atom. The zero-order chi connectivity index (χ0) is 17.4. The van der Waals surface area contributed by atoms with Gasteiger partial charge in [-0.15, -0.1) is 0 Å². The quantitative estimate of drug-likeness (QED) is 0.496. The molecule has 1 aromatic rings. The summed E-state index contributed by atoms with van der Waals surface area (Å²) in [6, 6.07) is 7.02. The van der Waals surface area contributed by atoms with Crippen LogP contribution in [-0.4, -0.2) is 18.0 Å². The molecule has 0 amide bonds. The largest absolute Gasteiger partial charge is 0.411 e. The topological polar surface area (TPSA) is 41.8 Å². The Hall–Kier alpha value is -1.35. The number of aryl methyl sites for hydroxylation is 2. The van der Waals surface area contributed by atoms with E-state index in [1.165, 1.54) is 42.4 Å². The fraction of sp³-hybridized carbons (Fsp3) is 0.667. The maximum atomic E-state index is 9.06. The van der Waals surface area contributed by atoms with Crippen molar-refractivity contribution < 1.29 is 9.94 Å². The standard InChI is InChI=1S/C21H33NO2/c1-4-6-8-17-10-11-18(9-7-5-2)20(16-17)21(24-3)14-12-19(22-23)13-15-21/h10-11,16,23H,4-9,12-15H2,1-3H3. The minimum Gasteiger partial charge on any atom is -0.411 e. The number of hydrogen-bond donors (Lipinski definition) is 1. The fourth-order valence-corrected chi connectivity index (χ4v) is 3.80. The summed E-state index contributed by atoms with van der Waals surface area (Å²) < 4.78 is 6.10. The molecule has 0 spiro atoms. The molecule has 0 aliphatic heterocycles. The minimum atomic E-state index is -0.223. The molecule has 0 radical (unpaired) electrons. The van der Waals surface area contributed by atoms with E-state index in [9.17, 15) is 0 Å². The molecule has 1 aromatic carbocycles. The molecule has 0 unspecified atom stereocenters. The lowest BCUT2D eigenvalue weighted by molar-refractivity contribution is -0.0325. The van der Waals surface area contributed by atoms with Gasteiger partial charge in [0, 0.05) is 7.11 Å². The number of rotatable bonds is 8. The van der Waals surface area contributed by atoms with E-state index in [-0.39, 0.29) is 5.60 Å². The Kier molecular flexibility index (Phi) is 7.29. The summed E-state index contributed by atoms with van der Waals surface area (Å²) in [6.07, 6.45) is 10.6. The predicted molar refractivity (Wildman–Crippen MR) is 100 cm³/mol. The summed E-state index contributed by atoms with van der Waals surface area (Å²) >= 11 is 0. The highest BCUT2D eigenvalue weighted by atomic mass is 16.5. The van der Waals surface area contributed by atoms with Crippen LogP contribution in [-0.2, 0) is 23.2 Å². The molecule has 0 aromatic heterocycles. The Balaban J connectivity index is 2.34. The van der Waals surface area contributed by atoms with E-state index >= 15 is 0 Å². The molecule has 1 fully saturated rings. The molecule has 0 saturated heterocycles. The summed E-state index contributed by atoms with van der Waals surface area (Å²) in [5.41, 5.74) is 4.91. The lowest BCUT2D eigenvalue weighted by Crippen LogP contribution is -2.35. The van der Waals surface area contributed by atoms with E-state index in [0.717, 1.165) is 44.2 Å². The number of nitrogens with zero attached hydrogens (tertiary/aromatic N) is 1. The van der Waals surface area contributed by atoms with Gasteiger partial charge >= 0.3 is 0 Å². The average Bonchev–Trinajstić information content (AvgIpc) is 2.65. The highest BCUT2D eigenvalue weighted by Gasteiger charge is 2.37. The van der Waals surface area contributed by atoms with Crippen molar-refractivity contribution in [2.24, 2.45) is 5.16 Å². The highest BCUT2D eigenvalue weighted by Crippen LogP contribution is 2.41. The van der Waals surface area contributed by atoms with Gasteiger partial charge in [0.15, 0.2) is 0 Å². The van der Waals surface area contributed by atoms with Crippen molar-refractivity contribution in [2.45, 2.75) is 83.7 Å². The predicted octanol–water partition coefficient (Wildman–Crippen LogP) is 5.62. The third kappa shape index (κ3) is 4.38. The van der Waals surface area contributed by atoms with Crippen LogP contribution in [0.1, 0.15) is 81.9 Å². The van der Waals surface area contributed by atoms with Crippen LogP contribution in [0.2, 0.25) is 0 Å². The van der Waals surface area contributed by atoms with Crippen molar-refractivity contribution in [3.8, 4) is 0 Å². The van der Waals surface area contributed by atoms with Crippen molar-refractivity contribution in [3.05, 3.63) is 34.9 Å². The van der Waals surface area contributed by atoms with Gasteiger partial charge in [-0.3, -0.25) is 0 Å². The van der Waals surface area contributed by atoms with E-state index in [2.05, 4.69) is 37.2 Å². The van der Waals surface area contributed by atoms with Crippen molar-refractivity contribution in [2.75, 3.05) is 7.11 Å². The highest BCUT2D eigenvalue weighted by molar-refractivity contribution is 5.84. The van der Waals surface area contributed by atoms with Crippen molar-refractivity contribution >= 4 is 5.71 Å². The van der Waals surface area contributed by atoms with Crippen LogP contribution >= 0.6 is 0 Å². The van der Waals surface area contributed by atoms with Crippen molar-refractivity contribution in [1.29, 1.82) is 0 Å². The van der Waals surface area contributed by atoms with Crippen LogP contribution in [0.5, 0.6) is 0 Å². The molecule has 1 aliphatic carbocycles. The molecule has 0 heterocycles. The van der Waals surface area contributed by atoms with Gasteiger partial charge < -0.3 is 9.94 Å². The van der Waals surface area contributed by atoms with E-state index in [1.807, 2.05) is 7.11 Å². The molecule has 134 valence electrons. The summed E-state index contributed by atoms with van der Waals surface area (Å²) in [5, 5.41) is 12.5. The lowest BCUT2D eigenvalue weighted by atomic mass is 9.75. The first-order valence-corrected chi connectivity index (χ1v) is 9.56. The van der Waals surface area contributed by atoms with Crippen LogP contribution in [0.4, 0.5) is 0 Å². The van der Waals surface area contributed by atoms with Gasteiger partial charge in [-0.2, -0.15) is 0 Å². The Bertz CT molecular complexity index is 541. The molecule has 3 heteroatoms. The van der Waals surface area contributed by atoms with Gasteiger partial charge in [0.2, 0.25) is 0 Å². The minimum absolute atomic E-state index is 0.223. The van der Waals surface area contributed by atoms with Gasteiger partial charge in [0.05, 0.1) is 11.3 Å². The van der Waals surface area contributed by atoms with E-state index in [4.69, 9.17) is 9.94 Å². The zero-order valence-electron chi connectivity index (χ0n) is 15.6. The number of unbranched alkanes of at least 4 members (excludes halogenated alkanes) is 2. The molecule has 1 aliphatic rings. The smallest absolute Gasteiger partial charge is 0.0937 e. The second-order valence-electron chi connectivity index (χ2n) is 7.06. The molecule has 0 bridgehead atoms. The molecular weight excluding hydrogens is 298 g/mol. The first-order chi connectivity index (χ1) is 11.7. The SMILES string of the molecule is CCCCc1ccc(CCCC)c(C2(OC)CCC(=NO)CC2)c1. The first kappa shape index (κ1) is 19.0. The number of methoxy groups -OCH3 is 1. The van der Waals surface area contributed by atoms with Crippen molar-refractivity contribution in [1.82, 2.24) is 0 Å². The summed E-state index contributed by atoms with van der Waals surface area (Å²) in [6.45, 7) is 4.48. The van der Waals surface area contributed by atoms with Gasteiger partial charge in [-0.1, -0.05) is 50.0 Å². The van der Waals surface area contributed by atoms with Crippen LogP contribution < -0.4 is 0 Å². The van der Waals surface area contributed by atoms with E-state index in [0.29, 0.717) is 0 Å². The summed E-state index contributed by atoms with van der Waals surface area (Å²) in [5.74, 6) is 0. The Morgan fingerprint density at radius 3 is 2.33 bits per heavy atom. The van der Waals surface area contributed by atoms with E-state index in [1.54, 1.807) is 0 Å². The molecule has 24 heavy (non-hydrogen) atoms. The summed E-state index contributed by atoms with van der Waals surface area (Å²) in [7, 11) is 1.84. The van der Waals surface area contributed by atoms with Crippen LogP contribution in [0, 0.1) is 0 Å². The van der Waals surface area contributed by atoms with Gasteiger partial charge in [0.25, 0.3) is 0 Å². The second-order valence-corrected chi connectivity index (χ2v) is 7.06. The lowest BCUT2D eigenvalue weighted by Gasteiger charge is -2.38. The maximum absolute atomic E-state index is 9.06. The van der Waals surface area contributed by atoms with Crippen LogP contribution in [0.3, 0.4) is 0 Å². The number of benzene rings is 1. The monoisotopic (exact) mass is 331 g/mol. The van der Waals surface area contributed by atoms with E-state index < -0.39 is 0 Å². The van der Waals surface area contributed by atoms with Crippen LogP contribution in [0.25, 0.3) is 0 Å². The molecule has 1 N–H and O–H groups in total. The summed E-state index contributed by atoms with van der Waals surface area (Å²) in [4.78, 5) is 0. The Labute approximate surface area is 147 Å². The normalized spacial score (nSPS) is 21.0. The average molecular weight is 332 g/mol. The molecule has 1 saturated carbocycles. The van der Waals surface area contributed by atoms with Gasteiger partial charge in [0.1, 0.15) is 0 Å². The Morgan fingerprint density at radius 2 is 1.75 bits per heavy atom. The molecular formula is C21H33NO2. The fourth-order valence-electron chi connectivity index (χ4n) is 3.80. The molecule has 0 atom stereocenters. The van der Waals surface area contributed by atoms with Gasteiger partial charge in [-0.25, -0.2) is 0 Å². The van der Waals surface area contributed by atoms with Crippen LogP contribution in [0.15, 0.2) is 23.4 Å². The van der Waals surface area contributed by atoms with Gasteiger partial charge in [-0.05, 0) is 68.1 Å². The third-order valence-electron chi connectivity index (χ3n) is 5.45. The third-order valence-corrected chi connectivity index (χ3v) is 5.45. The second kappa shape index (κ2) is 9.22. The molecule has 3 nitrogen and oxygen atoms in total. The molecule has 2 rings (SSSR count). The number of hydrogen-bond acceptors (Lipinski definition) is 3. The first-order valence-electron chi connectivity index (χ1n) is 9.56.